The summed E-state index contributed by atoms with van der Waals surface area (Å²) < 4.78 is 5.75. The van der Waals surface area contributed by atoms with E-state index >= 15 is 0 Å². The Kier molecular flexibility index (Phi) is 1.52. The first kappa shape index (κ1) is 7.37. The lowest BCUT2D eigenvalue weighted by Crippen LogP contribution is -2.19. The van der Waals surface area contributed by atoms with Gasteiger partial charge in [-0.05, 0) is 56.3 Å². The van der Waals surface area contributed by atoms with Gasteiger partial charge >= 0.3 is 0 Å². The number of hydrogen-bond donors (Lipinski definition) is 0. The van der Waals surface area contributed by atoms with Crippen LogP contribution < -0.4 is 0 Å². The Bertz CT molecular complexity index is 177. The molecule has 0 amide bonds. The summed E-state index contributed by atoms with van der Waals surface area (Å²) in [4.78, 5) is 0. The second-order valence-corrected chi connectivity index (χ2v) is 4.99. The SMILES string of the molecule is C1CCC(CC2CC23CC3)OC1. The molecule has 1 aliphatic heterocycles. The minimum atomic E-state index is 0.642. The summed E-state index contributed by atoms with van der Waals surface area (Å²) >= 11 is 0. The largest absolute Gasteiger partial charge is 0.378 e. The fourth-order valence-corrected chi connectivity index (χ4v) is 2.85. The zero-order valence-corrected chi connectivity index (χ0v) is 7.72. The van der Waals surface area contributed by atoms with E-state index in [1.807, 2.05) is 0 Å². The second kappa shape index (κ2) is 2.47. The predicted octanol–water partition coefficient (Wildman–Crippen LogP) is 2.75. The van der Waals surface area contributed by atoms with Gasteiger partial charge in [-0.1, -0.05) is 0 Å². The van der Waals surface area contributed by atoms with E-state index in [0.29, 0.717) is 6.10 Å². The maximum atomic E-state index is 5.75. The van der Waals surface area contributed by atoms with Crippen molar-refractivity contribution in [3.05, 3.63) is 0 Å². The summed E-state index contributed by atoms with van der Waals surface area (Å²) in [6, 6.07) is 0. The molecule has 12 heavy (non-hydrogen) atoms. The molecule has 2 aliphatic carbocycles. The van der Waals surface area contributed by atoms with Crippen LogP contribution in [0.4, 0.5) is 0 Å². The Hall–Kier alpha value is -0.0400. The smallest absolute Gasteiger partial charge is 0.0578 e. The molecule has 0 aromatic heterocycles. The van der Waals surface area contributed by atoms with Crippen LogP contribution in [0.25, 0.3) is 0 Å². The van der Waals surface area contributed by atoms with Crippen molar-refractivity contribution in [3.8, 4) is 0 Å². The molecule has 1 heteroatoms. The molecule has 3 aliphatic rings. The van der Waals surface area contributed by atoms with Gasteiger partial charge in [0.2, 0.25) is 0 Å². The second-order valence-electron chi connectivity index (χ2n) is 4.99. The summed E-state index contributed by atoms with van der Waals surface area (Å²) in [6.07, 6.45) is 10.7. The van der Waals surface area contributed by atoms with Crippen LogP contribution in [0.2, 0.25) is 0 Å². The molecule has 3 fully saturated rings. The molecule has 1 spiro atoms. The van der Waals surface area contributed by atoms with Gasteiger partial charge in [-0.15, -0.1) is 0 Å². The highest BCUT2D eigenvalue weighted by Gasteiger charge is 2.62. The lowest BCUT2D eigenvalue weighted by atomic mass is 10.0. The van der Waals surface area contributed by atoms with Crippen molar-refractivity contribution in [1.82, 2.24) is 0 Å². The highest BCUT2D eigenvalue weighted by molar-refractivity contribution is 5.12. The molecule has 0 aromatic rings. The Morgan fingerprint density at radius 1 is 1.25 bits per heavy atom. The molecule has 1 heterocycles. The Labute approximate surface area is 74.5 Å². The van der Waals surface area contributed by atoms with Gasteiger partial charge in [0.15, 0.2) is 0 Å². The summed E-state index contributed by atoms with van der Waals surface area (Å²) in [6.45, 7) is 1.03. The monoisotopic (exact) mass is 166 g/mol. The van der Waals surface area contributed by atoms with Crippen molar-refractivity contribution in [2.45, 2.75) is 51.0 Å². The quantitative estimate of drug-likeness (QED) is 0.613. The highest BCUT2D eigenvalue weighted by atomic mass is 16.5. The fourth-order valence-electron chi connectivity index (χ4n) is 2.85. The van der Waals surface area contributed by atoms with E-state index in [4.69, 9.17) is 4.74 Å². The van der Waals surface area contributed by atoms with Crippen LogP contribution in [0.1, 0.15) is 44.9 Å². The van der Waals surface area contributed by atoms with Gasteiger partial charge in [0.05, 0.1) is 6.10 Å². The normalized spacial score (nSPS) is 43.0. The van der Waals surface area contributed by atoms with Crippen molar-refractivity contribution in [3.63, 3.8) is 0 Å². The molecule has 1 saturated heterocycles. The van der Waals surface area contributed by atoms with Gasteiger partial charge in [0.1, 0.15) is 0 Å². The lowest BCUT2D eigenvalue weighted by molar-refractivity contribution is 0.00684. The third-order valence-corrected chi connectivity index (χ3v) is 4.07. The molecule has 0 aromatic carbocycles. The molecular weight excluding hydrogens is 148 g/mol. The van der Waals surface area contributed by atoms with Crippen LogP contribution in [-0.4, -0.2) is 12.7 Å². The topological polar surface area (TPSA) is 9.23 Å². The minimum Gasteiger partial charge on any atom is -0.378 e. The molecule has 0 radical (unpaired) electrons. The van der Waals surface area contributed by atoms with Crippen LogP contribution in [0.15, 0.2) is 0 Å². The third-order valence-electron chi connectivity index (χ3n) is 4.07. The van der Waals surface area contributed by atoms with E-state index in [0.717, 1.165) is 17.9 Å². The molecule has 3 rings (SSSR count). The van der Waals surface area contributed by atoms with Crippen LogP contribution in [0, 0.1) is 11.3 Å². The molecule has 2 atom stereocenters. The summed E-state index contributed by atoms with van der Waals surface area (Å²) in [5.41, 5.74) is 0.890. The first-order valence-electron chi connectivity index (χ1n) is 5.51. The van der Waals surface area contributed by atoms with E-state index in [1.165, 1.54) is 44.9 Å². The average Bonchev–Trinajstić information content (AvgIpc) is 2.98. The van der Waals surface area contributed by atoms with Crippen LogP contribution >= 0.6 is 0 Å². The Morgan fingerprint density at radius 3 is 2.75 bits per heavy atom. The van der Waals surface area contributed by atoms with E-state index in [1.54, 1.807) is 0 Å². The van der Waals surface area contributed by atoms with Crippen molar-refractivity contribution < 1.29 is 4.74 Å². The summed E-state index contributed by atoms with van der Waals surface area (Å²) in [5, 5.41) is 0. The Morgan fingerprint density at radius 2 is 2.17 bits per heavy atom. The fraction of sp³-hybridized carbons (Fsp3) is 1.00. The molecule has 68 valence electrons. The molecule has 0 N–H and O–H groups in total. The first-order chi connectivity index (χ1) is 5.89. The van der Waals surface area contributed by atoms with Crippen molar-refractivity contribution in [1.29, 1.82) is 0 Å². The van der Waals surface area contributed by atoms with Gasteiger partial charge in [0.25, 0.3) is 0 Å². The predicted molar refractivity (Wildman–Crippen MR) is 48.0 cm³/mol. The maximum Gasteiger partial charge on any atom is 0.0578 e. The number of hydrogen-bond acceptors (Lipinski definition) is 1. The van der Waals surface area contributed by atoms with E-state index in [2.05, 4.69) is 0 Å². The van der Waals surface area contributed by atoms with E-state index < -0.39 is 0 Å². The van der Waals surface area contributed by atoms with Crippen LogP contribution in [0.5, 0.6) is 0 Å². The zero-order chi connectivity index (χ0) is 8.02. The molecule has 0 bridgehead atoms. The lowest BCUT2D eigenvalue weighted by Gasteiger charge is -2.22. The van der Waals surface area contributed by atoms with E-state index in [-0.39, 0.29) is 0 Å². The van der Waals surface area contributed by atoms with Gasteiger partial charge in [-0.25, -0.2) is 0 Å². The summed E-state index contributed by atoms with van der Waals surface area (Å²) in [7, 11) is 0. The summed E-state index contributed by atoms with van der Waals surface area (Å²) in [5.74, 6) is 1.07. The first-order valence-corrected chi connectivity index (χ1v) is 5.51. The number of rotatable bonds is 2. The molecule has 2 saturated carbocycles. The van der Waals surface area contributed by atoms with E-state index in [9.17, 15) is 0 Å². The molecule has 1 nitrogen and oxygen atoms in total. The van der Waals surface area contributed by atoms with Crippen LogP contribution in [-0.2, 0) is 4.74 Å². The standard InChI is InChI=1S/C11H18O/c1-2-6-12-10(3-1)7-9-8-11(9)4-5-11/h9-10H,1-8H2. The molecular formula is C11H18O. The average molecular weight is 166 g/mol. The van der Waals surface area contributed by atoms with Crippen molar-refractivity contribution in [2.24, 2.45) is 11.3 Å². The van der Waals surface area contributed by atoms with Gasteiger partial charge in [-0.2, -0.15) is 0 Å². The van der Waals surface area contributed by atoms with Crippen molar-refractivity contribution >= 4 is 0 Å². The van der Waals surface area contributed by atoms with Crippen LogP contribution in [0.3, 0.4) is 0 Å². The molecule has 2 unspecified atom stereocenters. The maximum absolute atomic E-state index is 5.75. The Balaban J connectivity index is 1.48. The third kappa shape index (κ3) is 1.19. The van der Waals surface area contributed by atoms with Crippen molar-refractivity contribution in [2.75, 3.05) is 6.61 Å². The minimum absolute atomic E-state index is 0.642. The zero-order valence-electron chi connectivity index (χ0n) is 7.72. The van der Waals surface area contributed by atoms with Gasteiger partial charge in [0, 0.05) is 6.61 Å². The number of ether oxygens (including phenoxy) is 1. The van der Waals surface area contributed by atoms with Gasteiger partial charge < -0.3 is 4.74 Å². The highest BCUT2D eigenvalue weighted by Crippen LogP contribution is 2.72. The van der Waals surface area contributed by atoms with Gasteiger partial charge in [-0.3, -0.25) is 0 Å².